The summed E-state index contributed by atoms with van der Waals surface area (Å²) in [5.41, 5.74) is -0.0991. The number of sulfonamides is 1. The van der Waals surface area contributed by atoms with Crippen LogP contribution in [0.15, 0.2) is 23.1 Å². The summed E-state index contributed by atoms with van der Waals surface area (Å²) in [6, 6.07) is 3.81. The molecule has 1 fully saturated rings. The molecule has 1 aliphatic rings. The minimum atomic E-state index is -3.82. The second-order valence-electron chi connectivity index (χ2n) is 6.45. The van der Waals surface area contributed by atoms with Gasteiger partial charge in [-0.3, -0.25) is 10.1 Å². The Kier molecular flexibility index (Phi) is 6.48. The van der Waals surface area contributed by atoms with Crippen LogP contribution in [0.1, 0.15) is 27.2 Å². The molecule has 0 N–H and O–H groups in total. The van der Waals surface area contributed by atoms with Crippen LogP contribution in [-0.2, 0) is 19.9 Å². The lowest BCUT2D eigenvalue weighted by molar-refractivity contribution is -0.384. The van der Waals surface area contributed by atoms with Crippen LogP contribution in [0.5, 0.6) is 0 Å². The summed E-state index contributed by atoms with van der Waals surface area (Å²) in [6.07, 6.45) is 0.360. The Labute approximate surface area is 160 Å². The normalized spacial score (nSPS) is 20.4. The van der Waals surface area contributed by atoms with Crippen molar-refractivity contribution < 1.29 is 21.8 Å². The molecule has 1 aromatic rings. The molecule has 152 valence electrons. The fourth-order valence-corrected chi connectivity index (χ4v) is 5.92. The SMILES string of the molecule is CCN(CC)S(=O)(=O)c1ccc(N2CC[C@@H](C)S(=O)(=O)CC2)c([N+](=O)[O-])c1. The summed E-state index contributed by atoms with van der Waals surface area (Å²) in [5, 5.41) is 11.1. The monoisotopic (exact) mass is 419 g/mol. The average molecular weight is 420 g/mol. The van der Waals surface area contributed by atoms with Crippen LogP contribution in [0.2, 0.25) is 0 Å². The molecule has 0 bridgehead atoms. The van der Waals surface area contributed by atoms with Gasteiger partial charge in [-0.05, 0) is 25.5 Å². The van der Waals surface area contributed by atoms with Crippen molar-refractivity contribution in [3.63, 3.8) is 0 Å². The van der Waals surface area contributed by atoms with E-state index in [1.807, 2.05) is 0 Å². The summed E-state index contributed by atoms with van der Waals surface area (Å²) >= 11 is 0. The molecular weight excluding hydrogens is 394 g/mol. The van der Waals surface area contributed by atoms with Crippen LogP contribution in [0.4, 0.5) is 11.4 Å². The molecule has 0 spiro atoms. The molecule has 2 rings (SSSR count). The third-order valence-electron chi connectivity index (χ3n) is 4.89. The summed E-state index contributed by atoms with van der Waals surface area (Å²) in [6.45, 7) is 6.03. The van der Waals surface area contributed by atoms with Crippen molar-refractivity contribution in [2.45, 2.75) is 37.3 Å². The second-order valence-corrected chi connectivity index (χ2v) is 10.9. The molecule has 0 unspecified atom stereocenters. The molecule has 9 nitrogen and oxygen atoms in total. The molecule has 27 heavy (non-hydrogen) atoms. The van der Waals surface area contributed by atoms with Crippen molar-refractivity contribution in [3.8, 4) is 0 Å². The van der Waals surface area contributed by atoms with Crippen molar-refractivity contribution in [1.29, 1.82) is 0 Å². The number of nitrogens with zero attached hydrogens (tertiary/aromatic N) is 3. The van der Waals surface area contributed by atoms with Crippen LogP contribution in [0.25, 0.3) is 0 Å². The molecule has 1 heterocycles. The van der Waals surface area contributed by atoms with E-state index in [0.717, 1.165) is 6.07 Å². The predicted molar refractivity (Wildman–Crippen MR) is 103 cm³/mol. The smallest absolute Gasteiger partial charge is 0.293 e. The largest absolute Gasteiger partial charge is 0.365 e. The molecule has 1 saturated heterocycles. The average Bonchev–Trinajstić information content (AvgIpc) is 2.74. The van der Waals surface area contributed by atoms with Gasteiger partial charge in [0, 0.05) is 32.2 Å². The fourth-order valence-electron chi connectivity index (χ4n) is 3.10. The van der Waals surface area contributed by atoms with E-state index in [1.54, 1.807) is 25.7 Å². The number of anilines is 1. The van der Waals surface area contributed by atoms with E-state index in [1.165, 1.54) is 16.4 Å². The van der Waals surface area contributed by atoms with Crippen molar-refractivity contribution in [2.75, 3.05) is 36.8 Å². The number of benzene rings is 1. The van der Waals surface area contributed by atoms with Gasteiger partial charge in [0.2, 0.25) is 10.0 Å². The van der Waals surface area contributed by atoms with Crippen molar-refractivity contribution >= 4 is 31.2 Å². The van der Waals surface area contributed by atoms with E-state index in [9.17, 15) is 26.9 Å². The molecule has 0 radical (unpaired) electrons. The highest BCUT2D eigenvalue weighted by Crippen LogP contribution is 2.33. The van der Waals surface area contributed by atoms with Gasteiger partial charge in [-0.15, -0.1) is 0 Å². The minimum Gasteiger partial charge on any atom is -0.365 e. The lowest BCUT2D eigenvalue weighted by Gasteiger charge is -2.23. The molecular formula is C16H25N3O6S2. The molecule has 11 heteroatoms. The number of hydrogen-bond acceptors (Lipinski definition) is 7. The van der Waals surface area contributed by atoms with Gasteiger partial charge in [-0.25, -0.2) is 16.8 Å². The van der Waals surface area contributed by atoms with Crippen LogP contribution >= 0.6 is 0 Å². The molecule has 1 atom stereocenters. The predicted octanol–water partition coefficient (Wildman–Crippen LogP) is 1.64. The van der Waals surface area contributed by atoms with E-state index in [0.29, 0.717) is 13.0 Å². The Hall–Kier alpha value is -1.72. The first-order chi connectivity index (χ1) is 12.5. The second kappa shape index (κ2) is 8.11. The zero-order chi connectivity index (χ0) is 20.4. The Bertz CT molecular complexity index is 910. The van der Waals surface area contributed by atoms with E-state index in [2.05, 4.69) is 0 Å². The Morgan fingerprint density at radius 1 is 1.26 bits per heavy atom. The quantitative estimate of drug-likeness (QED) is 0.508. The van der Waals surface area contributed by atoms with E-state index < -0.39 is 30.0 Å². The van der Waals surface area contributed by atoms with Crippen LogP contribution in [0, 0.1) is 10.1 Å². The van der Waals surface area contributed by atoms with Gasteiger partial charge in [0.25, 0.3) is 5.69 Å². The minimum absolute atomic E-state index is 0.0924. The lowest BCUT2D eigenvalue weighted by atomic mass is 10.2. The standard InChI is InChI=1S/C16H25N3O6S2/c1-4-18(5-2)27(24,25)14-6-7-15(16(12-14)19(20)21)17-9-8-13(3)26(22,23)11-10-17/h6-7,12-13H,4-5,8-11H2,1-3H3/t13-/m1/s1. The number of nitro groups is 1. The van der Waals surface area contributed by atoms with Gasteiger partial charge in [0.1, 0.15) is 5.69 Å². The molecule has 1 aromatic carbocycles. The lowest BCUT2D eigenvalue weighted by Crippen LogP contribution is -2.31. The Morgan fingerprint density at radius 2 is 1.89 bits per heavy atom. The van der Waals surface area contributed by atoms with Crippen LogP contribution < -0.4 is 4.90 Å². The molecule has 1 aliphatic heterocycles. The highest BCUT2D eigenvalue weighted by atomic mass is 32.2. The zero-order valence-electron chi connectivity index (χ0n) is 15.7. The molecule has 0 aliphatic carbocycles. The van der Waals surface area contributed by atoms with Crippen molar-refractivity contribution in [1.82, 2.24) is 4.31 Å². The molecule has 0 amide bonds. The van der Waals surface area contributed by atoms with E-state index in [-0.39, 0.29) is 41.7 Å². The van der Waals surface area contributed by atoms with Crippen molar-refractivity contribution in [2.24, 2.45) is 0 Å². The fraction of sp³-hybridized carbons (Fsp3) is 0.625. The van der Waals surface area contributed by atoms with Gasteiger partial charge < -0.3 is 4.90 Å². The van der Waals surface area contributed by atoms with Gasteiger partial charge in [0.05, 0.1) is 20.8 Å². The molecule has 0 saturated carbocycles. The maximum atomic E-state index is 12.7. The van der Waals surface area contributed by atoms with Gasteiger partial charge in [0.15, 0.2) is 9.84 Å². The highest BCUT2D eigenvalue weighted by Gasteiger charge is 2.31. The van der Waals surface area contributed by atoms with Crippen LogP contribution in [-0.4, -0.2) is 63.2 Å². The zero-order valence-corrected chi connectivity index (χ0v) is 17.3. The first kappa shape index (κ1) is 21.6. The van der Waals surface area contributed by atoms with Gasteiger partial charge >= 0.3 is 0 Å². The summed E-state index contributed by atoms with van der Waals surface area (Å²) in [4.78, 5) is 12.5. The number of hydrogen-bond donors (Lipinski definition) is 0. The van der Waals surface area contributed by atoms with Crippen LogP contribution in [0.3, 0.4) is 0 Å². The number of sulfone groups is 1. The maximum Gasteiger partial charge on any atom is 0.293 e. The maximum absolute atomic E-state index is 12.7. The highest BCUT2D eigenvalue weighted by molar-refractivity contribution is 7.92. The van der Waals surface area contributed by atoms with E-state index >= 15 is 0 Å². The topological polar surface area (TPSA) is 118 Å². The number of rotatable bonds is 6. The Morgan fingerprint density at radius 3 is 2.44 bits per heavy atom. The third kappa shape index (κ3) is 4.41. The first-order valence-electron chi connectivity index (χ1n) is 8.79. The summed E-state index contributed by atoms with van der Waals surface area (Å²) in [7, 11) is -7.06. The first-order valence-corrected chi connectivity index (χ1v) is 11.9. The summed E-state index contributed by atoms with van der Waals surface area (Å²) in [5.74, 6) is -0.0924. The Balaban J connectivity index is 2.47. The van der Waals surface area contributed by atoms with Gasteiger partial charge in [-0.1, -0.05) is 13.8 Å². The number of nitro benzene ring substituents is 1. The van der Waals surface area contributed by atoms with Crippen molar-refractivity contribution in [3.05, 3.63) is 28.3 Å². The third-order valence-corrected chi connectivity index (χ3v) is 9.15. The summed E-state index contributed by atoms with van der Waals surface area (Å²) < 4.78 is 50.7. The molecule has 0 aromatic heterocycles. The van der Waals surface area contributed by atoms with E-state index in [4.69, 9.17) is 0 Å². The van der Waals surface area contributed by atoms with Gasteiger partial charge in [-0.2, -0.15) is 4.31 Å².